The first-order valence-corrected chi connectivity index (χ1v) is 5.96. The zero-order chi connectivity index (χ0) is 10.8. The van der Waals surface area contributed by atoms with Gasteiger partial charge in [-0.25, -0.2) is 0 Å². The maximum Gasteiger partial charge on any atom is 0.149 e. The SMILES string of the molecule is CC(C)c1nnc(-c2ccccc2Cl)s1. The topological polar surface area (TPSA) is 25.8 Å². The Balaban J connectivity index is 2.42. The summed E-state index contributed by atoms with van der Waals surface area (Å²) in [7, 11) is 0. The molecule has 0 spiro atoms. The van der Waals surface area contributed by atoms with Crippen LogP contribution in [0.15, 0.2) is 24.3 Å². The van der Waals surface area contributed by atoms with Crippen molar-refractivity contribution in [1.29, 1.82) is 0 Å². The van der Waals surface area contributed by atoms with E-state index < -0.39 is 0 Å². The molecule has 4 heteroatoms. The van der Waals surface area contributed by atoms with Crippen LogP contribution in [0.3, 0.4) is 0 Å². The molecule has 0 saturated carbocycles. The lowest BCUT2D eigenvalue weighted by Gasteiger charge is -1.97. The lowest BCUT2D eigenvalue weighted by molar-refractivity contribution is 0.825. The smallest absolute Gasteiger partial charge is 0.143 e. The van der Waals surface area contributed by atoms with Crippen LogP contribution in [0.2, 0.25) is 5.02 Å². The van der Waals surface area contributed by atoms with E-state index in [4.69, 9.17) is 11.6 Å². The van der Waals surface area contributed by atoms with Gasteiger partial charge in [-0.3, -0.25) is 0 Å². The Hall–Kier alpha value is -0.930. The fourth-order valence-corrected chi connectivity index (χ4v) is 2.38. The third kappa shape index (κ3) is 2.19. The second-order valence-electron chi connectivity index (χ2n) is 3.58. The summed E-state index contributed by atoms with van der Waals surface area (Å²) in [5, 5.41) is 11.0. The molecule has 0 unspecified atom stereocenters. The van der Waals surface area contributed by atoms with Crippen LogP contribution in [0, 0.1) is 0 Å². The van der Waals surface area contributed by atoms with Gasteiger partial charge in [0.1, 0.15) is 10.0 Å². The first-order chi connectivity index (χ1) is 7.18. The molecule has 1 heterocycles. The van der Waals surface area contributed by atoms with Crippen molar-refractivity contribution in [1.82, 2.24) is 10.2 Å². The first kappa shape index (κ1) is 10.6. The van der Waals surface area contributed by atoms with E-state index in [0.717, 1.165) is 20.6 Å². The standard InChI is InChI=1S/C11H11ClN2S/c1-7(2)10-13-14-11(15-10)8-5-3-4-6-9(8)12/h3-7H,1-2H3. The van der Waals surface area contributed by atoms with Crippen molar-refractivity contribution in [2.75, 3.05) is 0 Å². The highest BCUT2D eigenvalue weighted by molar-refractivity contribution is 7.14. The lowest BCUT2D eigenvalue weighted by Crippen LogP contribution is -1.83. The molecule has 0 radical (unpaired) electrons. The highest BCUT2D eigenvalue weighted by atomic mass is 35.5. The highest BCUT2D eigenvalue weighted by Gasteiger charge is 2.11. The summed E-state index contributed by atoms with van der Waals surface area (Å²) in [5.74, 6) is 0.415. The Morgan fingerprint density at radius 3 is 2.53 bits per heavy atom. The number of hydrogen-bond acceptors (Lipinski definition) is 3. The van der Waals surface area contributed by atoms with Gasteiger partial charge in [-0.1, -0.05) is 55.0 Å². The summed E-state index contributed by atoms with van der Waals surface area (Å²) in [6.45, 7) is 4.22. The zero-order valence-electron chi connectivity index (χ0n) is 8.57. The van der Waals surface area contributed by atoms with Crippen molar-refractivity contribution in [3.63, 3.8) is 0 Å². The molecule has 0 bridgehead atoms. The van der Waals surface area contributed by atoms with Crippen molar-refractivity contribution in [3.05, 3.63) is 34.3 Å². The van der Waals surface area contributed by atoms with Crippen molar-refractivity contribution >= 4 is 22.9 Å². The molecule has 1 aromatic carbocycles. The van der Waals surface area contributed by atoms with Crippen LogP contribution in [-0.2, 0) is 0 Å². The molecule has 0 aliphatic carbocycles. The van der Waals surface area contributed by atoms with Crippen LogP contribution in [0.5, 0.6) is 0 Å². The van der Waals surface area contributed by atoms with Gasteiger partial charge < -0.3 is 0 Å². The molecule has 0 atom stereocenters. The summed E-state index contributed by atoms with van der Waals surface area (Å²) in [5.41, 5.74) is 0.962. The Morgan fingerprint density at radius 2 is 1.93 bits per heavy atom. The molecule has 0 fully saturated rings. The summed E-state index contributed by atoms with van der Waals surface area (Å²) in [4.78, 5) is 0. The average molecular weight is 239 g/mol. The summed E-state index contributed by atoms with van der Waals surface area (Å²) < 4.78 is 0. The molecular formula is C11H11ClN2S. The Labute approximate surface area is 97.9 Å². The Morgan fingerprint density at radius 1 is 1.20 bits per heavy atom. The number of benzene rings is 1. The third-order valence-electron chi connectivity index (χ3n) is 2.04. The fraction of sp³-hybridized carbons (Fsp3) is 0.273. The number of nitrogens with zero attached hydrogens (tertiary/aromatic N) is 2. The van der Waals surface area contributed by atoms with Gasteiger partial charge in [-0.05, 0) is 6.07 Å². The molecule has 0 aliphatic heterocycles. The minimum Gasteiger partial charge on any atom is -0.143 e. The van der Waals surface area contributed by atoms with Crippen LogP contribution in [-0.4, -0.2) is 10.2 Å². The van der Waals surface area contributed by atoms with Gasteiger partial charge in [-0.15, -0.1) is 10.2 Å². The molecule has 0 N–H and O–H groups in total. The number of rotatable bonds is 2. The van der Waals surface area contributed by atoms with Gasteiger partial charge in [0.15, 0.2) is 0 Å². The molecule has 0 amide bonds. The van der Waals surface area contributed by atoms with Crippen LogP contribution in [0.25, 0.3) is 10.6 Å². The second kappa shape index (κ2) is 4.29. The predicted molar refractivity (Wildman–Crippen MR) is 64.4 cm³/mol. The highest BCUT2D eigenvalue weighted by Crippen LogP contribution is 2.31. The van der Waals surface area contributed by atoms with Gasteiger partial charge in [0, 0.05) is 11.5 Å². The second-order valence-corrected chi connectivity index (χ2v) is 5.00. The van der Waals surface area contributed by atoms with E-state index >= 15 is 0 Å². The van der Waals surface area contributed by atoms with Gasteiger partial charge in [0.25, 0.3) is 0 Å². The van der Waals surface area contributed by atoms with Crippen molar-refractivity contribution in [2.24, 2.45) is 0 Å². The normalized spacial score (nSPS) is 10.9. The summed E-state index contributed by atoms with van der Waals surface area (Å²) in [6.07, 6.45) is 0. The lowest BCUT2D eigenvalue weighted by atomic mass is 10.2. The molecule has 2 rings (SSSR count). The molecular weight excluding hydrogens is 228 g/mol. The predicted octanol–water partition coefficient (Wildman–Crippen LogP) is 3.98. The number of hydrogen-bond donors (Lipinski definition) is 0. The molecule has 78 valence electrons. The molecule has 1 aromatic heterocycles. The van der Waals surface area contributed by atoms with E-state index in [1.165, 1.54) is 0 Å². The summed E-state index contributed by atoms with van der Waals surface area (Å²) >= 11 is 7.69. The van der Waals surface area contributed by atoms with Crippen molar-refractivity contribution in [2.45, 2.75) is 19.8 Å². The molecule has 2 aromatic rings. The van der Waals surface area contributed by atoms with E-state index in [1.54, 1.807) is 11.3 Å². The van der Waals surface area contributed by atoms with E-state index in [1.807, 2.05) is 24.3 Å². The largest absolute Gasteiger partial charge is 0.149 e. The average Bonchev–Trinajstić information content (AvgIpc) is 2.67. The monoisotopic (exact) mass is 238 g/mol. The minimum atomic E-state index is 0.415. The van der Waals surface area contributed by atoms with Crippen LogP contribution in [0.1, 0.15) is 24.8 Å². The number of aromatic nitrogens is 2. The van der Waals surface area contributed by atoms with E-state index in [-0.39, 0.29) is 0 Å². The quantitative estimate of drug-likeness (QED) is 0.791. The van der Waals surface area contributed by atoms with E-state index in [9.17, 15) is 0 Å². The number of halogens is 1. The van der Waals surface area contributed by atoms with Crippen LogP contribution in [0.4, 0.5) is 0 Å². The van der Waals surface area contributed by atoms with E-state index in [2.05, 4.69) is 24.0 Å². The van der Waals surface area contributed by atoms with Crippen molar-refractivity contribution < 1.29 is 0 Å². The minimum absolute atomic E-state index is 0.415. The summed E-state index contributed by atoms with van der Waals surface area (Å²) in [6, 6.07) is 7.70. The van der Waals surface area contributed by atoms with E-state index in [0.29, 0.717) is 5.92 Å². The third-order valence-corrected chi connectivity index (χ3v) is 3.63. The van der Waals surface area contributed by atoms with Crippen molar-refractivity contribution in [3.8, 4) is 10.6 Å². The molecule has 15 heavy (non-hydrogen) atoms. The van der Waals surface area contributed by atoms with Gasteiger partial charge in [-0.2, -0.15) is 0 Å². The maximum atomic E-state index is 6.09. The van der Waals surface area contributed by atoms with Gasteiger partial charge in [0.2, 0.25) is 0 Å². The van der Waals surface area contributed by atoms with Gasteiger partial charge >= 0.3 is 0 Å². The maximum absolute atomic E-state index is 6.09. The molecule has 0 aliphatic rings. The molecule has 0 saturated heterocycles. The Bertz CT molecular complexity index is 465. The van der Waals surface area contributed by atoms with Crippen LogP contribution >= 0.6 is 22.9 Å². The Kier molecular flexibility index (Phi) is 3.03. The molecule has 2 nitrogen and oxygen atoms in total. The van der Waals surface area contributed by atoms with Crippen LogP contribution < -0.4 is 0 Å². The van der Waals surface area contributed by atoms with Gasteiger partial charge in [0.05, 0.1) is 5.02 Å². The fourth-order valence-electron chi connectivity index (χ4n) is 1.21. The first-order valence-electron chi connectivity index (χ1n) is 4.77. The zero-order valence-corrected chi connectivity index (χ0v) is 10.1.